The zero-order valence-electron chi connectivity index (χ0n) is 10.6. The summed E-state index contributed by atoms with van der Waals surface area (Å²) < 4.78 is 0. The topological polar surface area (TPSA) is 15.6 Å². The van der Waals surface area contributed by atoms with Gasteiger partial charge in [-0.3, -0.25) is 4.99 Å². The van der Waals surface area contributed by atoms with Crippen LogP contribution in [0.25, 0.3) is 0 Å². The number of aliphatic imine (C=N–C) groups is 1. The monoisotopic (exact) mass is 290 g/mol. The lowest BCUT2D eigenvalue weighted by molar-refractivity contribution is 0.252. The van der Waals surface area contributed by atoms with Gasteiger partial charge in [-0.1, -0.05) is 41.9 Å². The van der Waals surface area contributed by atoms with Crippen molar-refractivity contribution in [1.82, 2.24) is 4.90 Å². The summed E-state index contributed by atoms with van der Waals surface area (Å²) in [5.74, 6) is 0. The van der Waals surface area contributed by atoms with Gasteiger partial charge in [0.25, 0.3) is 0 Å². The van der Waals surface area contributed by atoms with Crippen LogP contribution >= 0.6 is 23.4 Å². The number of nitrogens with zero attached hydrogens (tertiary/aromatic N) is 2. The number of amidine groups is 1. The number of rotatable bonds is 2. The van der Waals surface area contributed by atoms with Gasteiger partial charge in [-0.15, -0.1) is 0 Å². The van der Waals surface area contributed by atoms with Gasteiger partial charge in [-0.25, -0.2) is 0 Å². The molecule has 2 heterocycles. The number of hydrogen-bond donors (Lipinski definition) is 0. The molecular formula is C15H15ClN2S. The van der Waals surface area contributed by atoms with Gasteiger partial charge < -0.3 is 4.90 Å². The summed E-state index contributed by atoms with van der Waals surface area (Å²) in [4.78, 5) is 6.97. The van der Waals surface area contributed by atoms with Crippen molar-refractivity contribution < 1.29 is 0 Å². The van der Waals surface area contributed by atoms with E-state index >= 15 is 0 Å². The molecule has 1 aromatic carbocycles. The van der Waals surface area contributed by atoms with Gasteiger partial charge >= 0.3 is 0 Å². The SMILES string of the molecule is Clc1cccc(C2(C3=CSC4=NCCN34)CCC2)c1. The molecule has 0 radical (unpaired) electrons. The first-order valence-electron chi connectivity index (χ1n) is 6.75. The zero-order valence-corrected chi connectivity index (χ0v) is 12.2. The average molecular weight is 291 g/mol. The standard InChI is InChI=1S/C15H15ClN2S/c16-12-4-1-3-11(9-12)15(5-2-6-15)13-10-19-14-17-7-8-18(13)14/h1,3-4,9-10H,2,5-8H2. The molecule has 2 aliphatic heterocycles. The lowest BCUT2D eigenvalue weighted by atomic mass is 9.62. The van der Waals surface area contributed by atoms with Crippen molar-refractivity contribution >= 4 is 28.5 Å². The first-order valence-corrected chi connectivity index (χ1v) is 8.01. The third kappa shape index (κ3) is 1.68. The van der Waals surface area contributed by atoms with Crippen LogP contribution in [0.15, 0.2) is 40.4 Å². The predicted molar refractivity (Wildman–Crippen MR) is 81.7 cm³/mol. The van der Waals surface area contributed by atoms with Crippen LogP contribution in [0, 0.1) is 0 Å². The van der Waals surface area contributed by atoms with E-state index in [1.165, 1.54) is 35.7 Å². The largest absolute Gasteiger partial charge is 0.321 e. The van der Waals surface area contributed by atoms with E-state index in [9.17, 15) is 0 Å². The van der Waals surface area contributed by atoms with E-state index in [0.717, 1.165) is 18.1 Å². The first-order chi connectivity index (χ1) is 9.29. The number of allylic oxidation sites excluding steroid dienone is 1. The van der Waals surface area contributed by atoms with Crippen molar-refractivity contribution in [3.05, 3.63) is 46.0 Å². The van der Waals surface area contributed by atoms with Gasteiger partial charge in [-0.2, -0.15) is 0 Å². The second kappa shape index (κ2) is 4.29. The van der Waals surface area contributed by atoms with Gasteiger partial charge in [0.05, 0.1) is 6.54 Å². The van der Waals surface area contributed by atoms with E-state index in [0.29, 0.717) is 0 Å². The molecule has 1 aromatic rings. The second-order valence-corrected chi connectivity index (χ2v) is 6.66. The van der Waals surface area contributed by atoms with Crippen molar-refractivity contribution in [3.63, 3.8) is 0 Å². The summed E-state index contributed by atoms with van der Waals surface area (Å²) in [6, 6.07) is 8.39. The van der Waals surface area contributed by atoms with Crippen molar-refractivity contribution in [2.75, 3.05) is 13.1 Å². The summed E-state index contributed by atoms with van der Waals surface area (Å²) in [5.41, 5.74) is 2.99. The Labute approximate surface area is 122 Å². The maximum absolute atomic E-state index is 6.19. The van der Waals surface area contributed by atoms with Crippen LogP contribution in [0.3, 0.4) is 0 Å². The van der Waals surface area contributed by atoms with Crippen LogP contribution in [0.1, 0.15) is 24.8 Å². The van der Waals surface area contributed by atoms with Crippen LogP contribution in [-0.4, -0.2) is 23.2 Å². The Kier molecular flexibility index (Phi) is 2.68. The molecule has 0 atom stereocenters. The molecular weight excluding hydrogens is 276 g/mol. The summed E-state index contributed by atoms with van der Waals surface area (Å²) >= 11 is 7.96. The molecule has 4 heteroatoms. The highest BCUT2D eigenvalue weighted by molar-refractivity contribution is 8.16. The minimum absolute atomic E-state index is 0.180. The number of hydrogen-bond acceptors (Lipinski definition) is 3. The van der Waals surface area contributed by atoms with Gasteiger partial charge in [0.2, 0.25) is 0 Å². The molecule has 0 bridgehead atoms. The molecule has 98 valence electrons. The lowest BCUT2D eigenvalue weighted by Gasteiger charge is -2.46. The summed E-state index contributed by atoms with van der Waals surface area (Å²) in [7, 11) is 0. The number of benzene rings is 1. The smallest absolute Gasteiger partial charge is 0.167 e. The summed E-state index contributed by atoms with van der Waals surface area (Å²) in [5, 5.41) is 4.33. The number of thioether (sulfide) groups is 1. The molecule has 0 unspecified atom stereocenters. The Bertz CT molecular complexity index is 590. The van der Waals surface area contributed by atoms with E-state index in [1.807, 2.05) is 6.07 Å². The molecule has 2 nitrogen and oxygen atoms in total. The molecule has 1 saturated carbocycles. The third-order valence-corrected chi connectivity index (χ3v) is 5.58. The van der Waals surface area contributed by atoms with Gasteiger partial charge in [0.1, 0.15) is 0 Å². The molecule has 0 saturated heterocycles. The zero-order chi connectivity index (χ0) is 12.9. The van der Waals surface area contributed by atoms with Crippen molar-refractivity contribution in [1.29, 1.82) is 0 Å². The highest BCUT2D eigenvalue weighted by Crippen LogP contribution is 2.53. The van der Waals surface area contributed by atoms with E-state index in [1.54, 1.807) is 11.8 Å². The van der Waals surface area contributed by atoms with Gasteiger partial charge in [0, 0.05) is 22.7 Å². The lowest BCUT2D eigenvalue weighted by Crippen LogP contribution is -2.42. The Balaban J connectivity index is 1.77. The third-order valence-electron chi connectivity index (χ3n) is 4.44. The fourth-order valence-corrected chi connectivity index (χ4v) is 4.55. The molecule has 1 fully saturated rings. The molecule has 3 aliphatic rings. The number of halogens is 1. The molecule has 0 N–H and O–H groups in total. The van der Waals surface area contributed by atoms with E-state index in [2.05, 4.69) is 33.5 Å². The Hall–Kier alpha value is -0.930. The predicted octanol–water partition coefficient (Wildman–Crippen LogP) is 4.02. The molecule has 1 aliphatic carbocycles. The fraction of sp³-hybridized carbons (Fsp3) is 0.400. The molecule has 4 rings (SSSR count). The summed E-state index contributed by atoms with van der Waals surface area (Å²) in [6.07, 6.45) is 3.75. The highest BCUT2D eigenvalue weighted by atomic mass is 35.5. The molecule has 0 amide bonds. The molecule has 19 heavy (non-hydrogen) atoms. The molecule has 0 spiro atoms. The second-order valence-electron chi connectivity index (χ2n) is 5.38. The molecule has 0 aromatic heterocycles. The summed E-state index contributed by atoms with van der Waals surface area (Å²) in [6.45, 7) is 1.97. The van der Waals surface area contributed by atoms with Crippen LogP contribution in [0.5, 0.6) is 0 Å². The van der Waals surface area contributed by atoms with E-state index in [4.69, 9.17) is 11.6 Å². The first kappa shape index (κ1) is 11.9. The van der Waals surface area contributed by atoms with Crippen molar-refractivity contribution in [2.45, 2.75) is 24.7 Å². The van der Waals surface area contributed by atoms with Crippen LogP contribution in [0.4, 0.5) is 0 Å². The van der Waals surface area contributed by atoms with Crippen LogP contribution < -0.4 is 0 Å². The van der Waals surface area contributed by atoms with Crippen molar-refractivity contribution in [2.24, 2.45) is 4.99 Å². The normalized spacial score (nSPS) is 23.7. The van der Waals surface area contributed by atoms with Gasteiger partial charge in [0.15, 0.2) is 5.17 Å². The minimum atomic E-state index is 0.180. The van der Waals surface area contributed by atoms with Crippen molar-refractivity contribution in [3.8, 4) is 0 Å². The van der Waals surface area contributed by atoms with E-state index in [-0.39, 0.29) is 5.41 Å². The Morgan fingerprint density at radius 3 is 2.95 bits per heavy atom. The maximum atomic E-state index is 6.19. The number of fused-ring (bicyclic) bond motifs is 1. The minimum Gasteiger partial charge on any atom is -0.321 e. The Morgan fingerprint density at radius 1 is 1.32 bits per heavy atom. The average Bonchev–Trinajstić information content (AvgIpc) is 2.92. The van der Waals surface area contributed by atoms with Crippen LogP contribution in [-0.2, 0) is 5.41 Å². The van der Waals surface area contributed by atoms with Gasteiger partial charge in [-0.05, 0) is 35.9 Å². The van der Waals surface area contributed by atoms with Crippen LogP contribution in [0.2, 0.25) is 5.02 Å². The quantitative estimate of drug-likeness (QED) is 0.817. The van der Waals surface area contributed by atoms with E-state index < -0.39 is 0 Å². The maximum Gasteiger partial charge on any atom is 0.167 e. The highest BCUT2D eigenvalue weighted by Gasteiger charge is 2.47. The Morgan fingerprint density at radius 2 is 2.21 bits per heavy atom. The fourth-order valence-electron chi connectivity index (χ4n) is 3.30.